The van der Waals surface area contributed by atoms with E-state index in [0.29, 0.717) is 10.0 Å². The zero-order valence-electron chi connectivity index (χ0n) is 10.5. The lowest BCUT2D eigenvalue weighted by atomic mass is 10.0. The lowest BCUT2D eigenvalue weighted by Crippen LogP contribution is -2.44. The van der Waals surface area contributed by atoms with Crippen LogP contribution in [0.25, 0.3) is 0 Å². The normalized spacial score (nSPS) is 12.3. The molecule has 0 radical (unpaired) electrons. The Balaban J connectivity index is 2.91. The van der Waals surface area contributed by atoms with Gasteiger partial charge in [-0.05, 0) is 46.5 Å². The van der Waals surface area contributed by atoms with Crippen LogP contribution >= 0.6 is 15.9 Å². The van der Waals surface area contributed by atoms with E-state index in [1.807, 2.05) is 19.1 Å². The van der Waals surface area contributed by atoms with E-state index in [0.717, 1.165) is 5.56 Å². The number of hydrogen-bond donors (Lipinski definition) is 2. The molecule has 0 aliphatic heterocycles. The third-order valence-corrected chi connectivity index (χ3v) is 3.24. The molecule has 2 N–H and O–H groups in total. The van der Waals surface area contributed by atoms with Crippen molar-refractivity contribution in [3.8, 4) is 0 Å². The molecule has 0 fully saturated rings. The van der Waals surface area contributed by atoms with E-state index in [2.05, 4.69) is 21.2 Å². The summed E-state index contributed by atoms with van der Waals surface area (Å²) in [6.45, 7) is 5.42. The van der Waals surface area contributed by atoms with Crippen LogP contribution in [-0.2, 0) is 4.79 Å². The lowest BCUT2D eigenvalue weighted by Gasteiger charge is -2.18. The first-order valence-corrected chi connectivity index (χ1v) is 6.42. The number of benzene rings is 1. The summed E-state index contributed by atoms with van der Waals surface area (Å²) in [7, 11) is 0. The number of carboxylic acids is 1. The van der Waals surface area contributed by atoms with Crippen LogP contribution < -0.4 is 5.32 Å². The molecule has 98 valence electrons. The Hall–Kier alpha value is -1.36. The van der Waals surface area contributed by atoms with Crippen molar-refractivity contribution in [2.75, 3.05) is 0 Å². The molecule has 0 bridgehead atoms. The van der Waals surface area contributed by atoms with Gasteiger partial charge in [0.25, 0.3) is 5.91 Å². The molecule has 0 heterocycles. The summed E-state index contributed by atoms with van der Waals surface area (Å²) in [5.74, 6) is -1.58. The lowest BCUT2D eigenvalue weighted by molar-refractivity contribution is -0.140. The fourth-order valence-electron chi connectivity index (χ4n) is 1.54. The maximum absolute atomic E-state index is 12.0. The molecule has 0 unspecified atom stereocenters. The van der Waals surface area contributed by atoms with Gasteiger partial charge in [-0.2, -0.15) is 0 Å². The molecule has 18 heavy (non-hydrogen) atoms. The summed E-state index contributed by atoms with van der Waals surface area (Å²) in [4.78, 5) is 23.0. The average Bonchev–Trinajstić information content (AvgIpc) is 2.24. The fourth-order valence-corrected chi connectivity index (χ4v) is 2.21. The van der Waals surface area contributed by atoms with Gasteiger partial charge >= 0.3 is 5.97 Å². The summed E-state index contributed by atoms with van der Waals surface area (Å²) in [6.07, 6.45) is 0. The SMILES string of the molecule is Cc1ccc(C(=O)N[C@H](C(=O)O)C(C)C)c(Br)c1. The molecule has 1 amide bonds. The minimum absolute atomic E-state index is 0.171. The number of nitrogens with one attached hydrogen (secondary N) is 1. The van der Waals surface area contributed by atoms with Crippen LogP contribution in [0.2, 0.25) is 0 Å². The zero-order valence-corrected chi connectivity index (χ0v) is 12.1. The summed E-state index contributed by atoms with van der Waals surface area (Å²) in [5.41, 5.74) is 1.46. The van der Waals surface area contributed by atoms with E-state index in [9.17, 15) is 9.59 Å². The molecule has 5 heteroatoms. The van der Waals surface area contributed by atoms with Gasteiger partial charge < -0.3 is 10.4 Å². The number of aliphatic carboxylic acids is 1. The highest BCUT2D eigenvalue weighted by Crippen LogP contribution is 2.18. The molecule has 0 spiro atoms. The predicted molar refractivity (Wildman–Crippen MR) is 72.6 cm³/mol. The van der Waals surface area contributed by atoms with Gasteiger partial charge in [0.2, 0.25) is 0 Å². The molecule has 1 atom stereocenters. The number of amides is 1. The van der Waals surface area contributed by atoms with Crippen LogP contribution in [0.5, 0.6) is 0 Å². The molecule has 1 aromatic carbocycles. The number of aryl methyl sites for hydroxylation is 1. The minimum atomic E-state index is -1.03. The highest BCUT2D eigenvalue weighted by Gasteiger charge is 2.24. The number of rotatable bonds is 4. The van der Waals surface area contributed by atoms with Crippen LogP contribution in [0, 0.1) is 12.8 Å². The molecule has 1 rings (SSSR count). The van der Waals surface area contributed by atoms with Crippen LogP contribution in [0.3, 0.4) is 0 Å². The number of carbonyl (C=O) groups is 2. The quantitative estimate of drug-likeness (QED) is 0.898. The van der Waals surface area contributed by atoms with Crippen LogP contribution in [0.1, 0.15) is 29.8 Å². The number of hydrogen-bond acceptors (Lipinski definition) is 2. The fraction of sp³-hybridized carbons (Fsp3) is 0.385. The highest BCUT2D eigenvalue weighted by atomic mass is 79.9. The predicted octanol–water partition coefficient (Wildman–Crippen LogP) is 2.60. The Labute approximate surface area is 115 Å². The van der Waals surface area contributed by atoms with E-state index in [4.69, 9.17) is 5.11 Å². The van der Waals surface area contributed by atoms with Gasteiger partial charge in [-0.25, -0.2) is 4.79 Å². The van der Waals surface area contributed by atoms with Crippen molar-refractivity contribution in [2.45, 2.75) is 26.8 Å². The Morgan fingerprint density at radius 3 is 2.39 bits per heavy atom. The molecule has 1 aromatic rings. The second-order valence-corrected chi connectivity index (χ2v) is 5.37. The molecule has 4 nitrogen and oxygen atoms in total. The van der Waals surface area contributed by atoms with Gasteiger partial charge in [-0.1, -0.05) is 19.9 Å². The van der Waals surface area contributed by atoms with Crippen LogP contribution in [0.15, 0.2) is 22.7 Å². The van der Waals surface area contributed by atoms with Crippen LogP contribution in [-0.4, -0.2) is 23.0 Å². The van der Waals surface area contributed by atoms with Crippen molar-refractivity contribution in [1.82, 2.24) is 5.32 Å². The third kappa shape index (κ3) is 3.57. The summed E-state index contributed by atoms with van der Waals surface area (Å²) >= 11 is 3.30. The van der Waals surface area contributed by atoms with Crippen molar-refractivity contribution < 1.29 is 14.7 Å². The summed E-state index contributed by atoms with van der Waals surface area (Å²) in [5, 5.41) is 11.6. The maximum atomic E-state index is 12.0. The van der Waals surface area contributed by atoms with Gasteiger partial charge in [0, 0.05) is 4.47 Å². The second kappa shape index (κ2) is 6.00. The zero-order chi connectivity index (χ0) is 13.9. The van der Waals surface area contributed by atoms with E-state index >= 15 is 0 Å². The first kappa shape index (κ1) is 14.7. The van der Waals surface area contributed by atoms with Gasteiger partial charge in [0.05, 0.1) is 5.56 Å². The van der Waals surface area contributed by atoms with Crippen molar-refractivity contribution in [3.05, 3.63) is 33.8 Å². The average molecular weight is 314 g/mol. The number of carboxylic acid groups (broad SMARTS) is 1. The van der Waals surface area contributed by atoms with Crippen molar-refractivity contribution in [1.29, 1.82) is 0 Å². The Morgan fingerprint density at radius 2 is 1.94 bits per heavy atom. The minimum Gasteiger partial charge on any atom is -0.480 e. The number of carbonyl (C=O) groups excluding carboxylic acids is 1. The first-order valence-electron chi connectivity index (χ1n) is 5.62. The van der Waals surface area contributed by atoms with E-state index in [1.54, 1.807) is 19.9 Å². The maximum Gasteiger partial charge on any atom is 0.326 e. The van der Waals surface area contributed by atoms with E-state index < -0.39 is 12.0 Å². The highest BCUT2D eigenvalue weighted by molar-refractivity contribution is 9.10. The largest absolute Gasteiger partial charge is 0.480 e. The van der Waals surface area contributed by atoms with Gasteiger partial charge in [-0.15, -0.1) is 0 Å². The third-order valence-electron chi connectivity index (χ3n) is 2.59. The standard InChI is InChI=1S/C13H16BrNO3/c1-7(2)11(13(17)18)15-12(16)9-5-4-8(3)6-10(9)14/h4-7,11H,1-3H3,(H,15,16)(H,17,18)/t11-/m0/s1. The molecule has 0 aliphatic carbocycles. The smallest absolute Gasteiger partial charge is 0.326 e. The van der Waals surface area contributed by atoms with Crippen LogP contribution in [0.4, 0.5) is 0 Å². The summed E-state index contributed by atoms with van der Waals surface area (Å²) in [6, 6.07) is 4.42. The van der Waals surface area contributed by atoms with E-state index in [-0.39, 0.29) is 11.8 Å². The number of halogens is 1. The second-order valence-electron chi connectivity index (χ2n) is 4.52. The van der Waals surface area contributed by atoms with Gasteiger partial charge in [0.15, 0.2) is 0 Å². The van der Waals surface area contributed by atoms with Gasteiger partial charge in [0.1, 0.15) is 6.04 Å². The molecule has 0 aliphatic rings. The first-order chi connectivity index (χ1) is 8.32. The van der Waals surface area contributed by atoms with Crippen molar-refractivity contribution in [3.63, 3.8) is 0 Å². The topological polar surface area (TPSA) is 66.4 Å². The van der Waals surface area contributed by atoms with Gasteiger partial charge in [-0.3, -0.25) is 4.79 Å². The summed E-state index contributed by atoms with van der Waals surface area (Å²) < 4.78 is 0.660. The monoisotopic (exact) mass is 313 g/mol. The Morgan fingerprint density at radius 1 is 1.33 bits per heavy atom. The molecule has 0 aromatic heterocycles. The molecule has 0 saturated carbocycles. The van der Waals surface area contributed by atoms with Crippen molar-refractivity contribution >= 4 is 27.8 Å². The molecule has 0 saturated heterocycles. The Kier molecular flexibility index (Phi) is 4.90. The molecular weight excluding hydrogens is 298 g/mol. The van der Waals surface area contributed by atoms with Crippen molar-refractivity contribution in [2.24, 2.45) is 5.92 Å². The molecular formula is C13H16BrNO3. The Bertz CT molecular complexity index is 471. The van der Waals surface area contributed by atoms with E-state index in [1.165, 1.54) is 0 Å².